The van der Waals surface area contributed by atoms with E-state index < -0.39 is 0 Å². The Morgan fingerprint density at radius 2 is 1.86 bits per heavy atom. The first-order valence-electron chi connectivity index (χ1n) is 10.1. The quantitative estimate of drug-likeness (QED) is 0.757. The van der Waals surface area contributed by atoms with Gasteiger partial charge in [-0.3, -0.25) is 4.79 Å². The summed E-state index contributed by atoms with van der Waals surface area (Å²) >= 11 is 0. The average molecular weight is 375 g/mol. The maximum Gasteiger partial charge on any atom is 0.256 e. The number of nitrogens with zero attached hydrogens (tertiary/aromatic N) is 4. The van der Waals surface area contributed by atoms with Gasteiger partial charge in [-0.25, -0.2) is 9.97 Å². The van der Waals surface area contributed by atoms with Crippen LogP contribution >= 0.6 is 0 Å². The van der Waals surface area contributed by atoms with Crippen molar-refractivity contribution in [2.24, 2.45) is 0 Å². The zero-order valence-electron chi connectivity index (χ0n) is 16.1. The van der Waals surface area contributed by atoms with E-state index in [-0.39, 0.29) is 5.91 Å². The van der Waals surface area contributed by atoms with Crippen LogP contribution in [0.2, 0.25) is 0 Å². The lowest BCUT2D eigenvalue weighted by molar-refractivity contribution is 0.0714. The molecule has 2 aromatic heterocycles. The van der Waals surface area contributed by atoms with E-state index in [1.165, 1.54) is 12.8 Å². The Morgan fingerprint density at radius 1 is 1.11 bits per heavy atom. The molecule has 1 aliphatic heterocycles. The van der Waals surface area contributed by atoms with Crippen LogP contribution < -0.4 is 4.90 Å². The van der Waals surface area contributed by atoms with Crippen molar-refractivity contribution < 1.29 is 4.79 Å². The number of rotatable bonds is 4. The molecule has 0 unspecified atom stereocenters. The zero-order valence-corrected chi connectivity index (χ0v) is 16.1. The molecule has 1 saturated heterocycles. The van der Waals surface area contributed by atoms with Gasteiger partial charge in [-0.2, -0.15) is 0 Å². The number of anilines is 1. The van der Waals surface area contributed by atoms with Crippen molar-refractivity contribution in [1.29, 1.82) is 0 Å². The lowest BCUT2D eigenvalue weighted by atomic mass is 10.0. The highest BCUT2D eigenvalue weighted by Gasteiger charge is 2.37. The first-order valence-corrected chi connectivity index (χ1v) is 10.1. The molecule has 3 aromatic rings. The molecule has 144 valence electrons. The number of aromatic nitrogens is 3. The zero-order chi connectivity index (χ0) is 19.1. The molecular weight excluding hydrogens is 350 g/mol. The molecule has 2 aliphatic rings. The average Bonchev–Trinajstić information content (AvgIpc) is 3.46. The molecule has 1 amide bonds. The summed E-state index contributed by atoms with van der Waals surface area (Å²) in [4.78, 5) is 29.6. The maximum absolute atomic E-state index is 13.1. The van der Waals surface area contributed by atoms with Gasteiger partial charge in [0, 0.05) is 54.0 Å². The smallest absolute Gasteiger partial charge is 0.256 e. The summed E-state index contributed by atoms with van der Waals surface area (Å²) in [6, 6.07) is 11.1. The van der Waals surface area contributed by atoms with Crippen LogP contribution in [0.25, 0.3) is 10.9 Å². The number of aryl methyl sites for hydroxylation is 1. The second-order valence-electron chi connectivity index (χ2n) is 7.93. The molecular formula is C22H25N5O. The molecule has 2 fully saturated rings. The van der Waals surface area contributed by atoms with E-state index in [9.17, 15) is 4.79 Å². The predicted octanol–water partition coefficient (Wildman–Crippen LogP) is 3.54. The minimum atomic E-state index is 0.131. The molecule has 1 aromatic carbocycles. The summed E-state index contributed by atoms with van der Waals surface area (Å²) in [6.45, 7) is 3.59. The van der Waals surface area contributed by atoms with Crippen LogP contribution in [0.5, 0.6) is 0 Å². The van der Waals surface area contributed by atoms with Gasteiger partial charge < -0.3 is 14.8 Å². The van der Waals surface area contributed by atoms with Gasteiger partial charge in [-0.05, 0) is 38.7 Å². The molecule has 1 aliphatic carbocycles. The molecule has 0 atom stereocenters. The highest BCUT2D eigenvalue weighted by molar-refractivity contribution is 6.06. The number of piperidine rings is 1. The Hall–Kier alpha value is -2.89. The molecule has 1 N–H and O–H groups in total. The normalized spacial score (nSPS) is 17.8. The second kappa shape index (κ2) is 6.93. The molecule has 0 radical (unpaired) electrons. The minimum Gasteiger partial charge on any atom is -0.360 e. The Balaban J connectivity index is 1.31. The molecule has 1 saturated carbocycles. The SMILES string of the molecule is Cc1cc(N(C2CC2)C2CCN(C(=O)c3c[nH]c4ccccc34)CC2)ncn1. The van der Waals surface area contributed by atoms with Crippen molar-refractivity contribution in [3.8, 4) is 0 Å². The van der Waals surface area contributed by atoms with Gasteiger partial charge in [0.15, 0.2) is 0 Å². The van der Waals surface area contributed by atoms with E-state index in [1.807, 2.05) is 42.3 Å². The molecule has 3 heterocycles. The van der Waals surface area contributed by atoms with Crippen LogP contribution in [0.3, 0.4) is 0 Å². The largest absolute Gasteiger partial charge is 0.360 e. The minimum absolute atomic E-state index is 0.131. The Kier molecular flexibility index (Phi) is 4.26. The Morgan fingerprint density at radius 3 is 2.61 bits per heavy atom. The second-order valence-corrected chi connectivity index (χ2v) is 7.93. The van der Waals surface area contributed by atoms with Gasteiger partial charge >= 0.3 is 0 Å². The summed E-state index contributed by atoms with van der Waals surface area (Å²) in [5, 5.41) is 1.01. The summed E-state index contributed by atoms with van der Waals surface area (Å²) in [5.74, 6) is 1.17. The Bertz CT molecular complexity index is 1000. The molecule has 0 spiro atoms. The number of hydrogen-bond donors (Lipinski definition) is 1. The fraction of sp³-hybridized carbons (Fsp3) is 0.409. The van der Waals surface area contributed by atoms with Gasteiger partial charge in [0.2, 0.25) is 0 Å². The number of nitrogens with one attached hydrogen (secondary N) is 1. The molecule has 6 heteroatoms. The highest BCUT2D eigenvalue weighted by atomic mass is 16.2. The summed E-state index contributed by atoms with van der Waals surface area (Å²) in [7, 11) is 0. The number of fused-ring (bicyclic) bond motifs is 1. The van der Waals surface area contributed by atoms with Crippen molar-refractivity contribution >= 4 is 22.6 Å². The van der Waals surface area contributed by atoms with Crippen LogP contribution in [0.1, 0.15) is 41.7 Å². The van der Waals surface area contributed by atoms with Crippen molar-refractivity contribution in [3.63, 3.8) is 0 Å². The number of likely N-dealkylation sites (tertiary alicyclic amines) is 1. The lowest BCUT2D eigenvalue weighted by Gasteiger charge is -2.39. The number of benzene rings is 1. The number of carbonyl (C=O) groups excluding carboxylic acids is 1. The number of carbonyl (C=O) groups is 1. The molecule has 0 bridgehead atoms. The van der Waals surface area contributed by atoms with E-state index in [4.69, 9.17) is 0 Å². The van der Waals surface area contributed by atoms with Gasteiger partial charge in [-0.15, -0.1) is 0 Å². The van der Waals surface area contributed by atoms with Crippen LogP contribution in [-0.2, 0) is 0 Å². The predicted molar refractivity (Wildman–Crippen MR) is 109 cm³/mol. The third-order valence-electron chi connectivity index (χ3n) is 5.96. The van der Waals surface area contributed by atoms with Crippen molar-refractivity contribution in [1.82, 2.24) is 19.9 Å². The van der Waals surface area contributed by atoms with Crippen molar-refractivity contribution in [3.05, 3.63) is 54.1 Å². The molecule has 5 rings (SSSR count). The lowest BCUT2D eigenvalue weighted by Crippen LogP contribution is -2.48. The maximum atomic E-state index is 13.1. The van der Waals surface area contributed by atoms with Crippen LogP contribution in [-0.4, -0.2) is 50.9 Å². The summed E-state index contributed by atoms with van der Waals surface area (Å²) in [5.41, 5.74) is 2.79. The number of aromatic amines is 1. The fourth-order valence-corrected chi connectivity index (χ4v) is 4.37. The van der Waals surface area contributed by atoms with Gasteiger partial charge in [-0.1, -0.05) is 18.2 Å². The first kappa shape index (κ1) is 17.2. The van der Waals surface area contributed by atoms with E-state index in [0.29, 0.717) is 12.1 Å². The van der Waals surface area contributed by atoms with E-state index in [1.54, 1.807) is 6.33 Å². The molecule has 6 nitrogen and oxygen atoms in total. The molecule has 28 heavy (non-hydrogen) atoms. The van der Waals surface area contributed by atoms with E-state index in [0.717, 1.165) is 53.9 Å². The summed E-state index contributed by atoms with van der Waals surface area (Å²) in [6.07, 6.45) is 7.94. The van der Waals surface area contributed by atoms with Gasteiger partial charge in [0.1, 0.15) is 12.1 Å². The summed E-state index contributed by atoms with van der Waals surface area (Å²) < 4.78 is 0. The van der Waals surface area contributed by atoms with Gasteiger partial charge in [0.25, 0.3) is 5.91 Å². The van der Waals surface area contributed by atoms with Crippen molar-refractivity contribution in [2.75, 3.05) is 18.0 Å². The van der Waals surface area contributed by atoms with E-state index >= 15 is 0 Å². The number of hydrogen-bond acceptors (Lipinski definition) is 4. The Labute approximate surface area is 164 Å². The highest BCUT2D eigenvalue weighted by Crippen LogP contribution is 2.35. The topological polar surface area (TPSA) is 65.1 Å². The standard InChI is InChI=1S/C22H25N5O/c1-15-12-21(25-14-24-15)27(16-6-7-16)17-8-10-26(11-9-17)22(28)19-13-23-20-5-3-2-4-18(19)20/h2-5,12-14,16-17,23H,6-11H2,1H3. The third-order valence-corrected chi connectivity index (χ3v) is 5.96. The monoisotopic (exact) mass is 375 g/mol. The first-order chi connectivity index (χ1) is 13.7. The van der Waals surface area contributed by atoms with Gasteiger partial charge in [0.05, 0.1) is 5.56 Å². The van der Waals surface area contributed by atoms with E-state index in [2.05, 4.69) is 25.9 Å². The van der Waals surface area contributed by atoms with Crippen LogP contribution in [0.15, 0.2) is 42.9 Å². The number of H-pyrrole nitrogens is 1. The van der Waals surface area contributed by atoms with Crippen molar-refractivity contribution in [2.45, 2.75) is 44.7 Å². The fourth-order valence-electron chi connectivity index (χ4n) is 4.37. The third kappa shape index (κ3) is 3.13. The van der Waals surface area contributed by atoms with Crippen LogP contribution in [0, 0.1) is 6.92 Å². The van der Waals surface area contributed by atoms with Crippen LogP contribution in [0.4, 0.5) is 5.82 Å². The number of amides is 1. The number of para-hydroxylation sites is 1.